The molecule has 3 N–H and O–H groups in total. The summed E-state index contributed by atoms with van der Waals surface area (Å²) in [5.41, 5.74) is 10.7. The normalized spacial score (nSPS) is 14.2. The van der Waals surface area contributed by atoms with Crippen LogP contribution >= 0.6 is 11.6 Å². The summed E-state index contributed by atoms with van der Waals surface area (Å²) in [5.74, 6) is 0.921. The quantitative estimate of drug-likeness (QED) is 0.692. The number of aromatic hydroxyl groups is 1. The molecular formula is C20H19ClN4O. The van der Waals surface area contributed by atoms with Gasteiger partial charge in [-0.25, -0.2) is 9.97 Å². The maximum Gasteiger partial charge on any atom is 0.159 e. The maximum absolute atomic E-state index is 9.49. The lowest BCUT2D eigenvalue weighted by atomic mass is 10.1. The number of phenolic OH excluding ortho intramolecular Hbond substituents is 1. The zero-order valence-electron chi connectivity index (χ0n) is 14.2. The van der Waals surface area contributed by atoms with Crippen LogP contribution in [0.5, 0.6) is 5.75 Å². The average Bonchev–Trinajstić information content (AvgIpc) is 2.64. The number of rotatable bonds is 3. The number of nitrogen functional groups attached to an aromatic ring is 1. The van der Waals surface area contributed by atoms with Gasteiger partial charge in [-0.15, -0.1) is 0 Å². The van der Waals surface area contributed by atoms with Crippen LogP contribution in [0.4, 0.5) is 5.69 Å². The van der Waals surface area contributed by atoms with E-state index in [1.54, 1.807) is 12.1 Å². The third-order valence-corrected chi connectivity index (χ3v) is 4.96. The minimum absolute atomic E-state index is 0.186. The van der Waals surface area contributed by atoms with Gasteiger partial charge >= 0.3 is 0 Å². The van der Waals surface area contributed by atoms with Crippen molar-refractivity contribution in [3.63, 3.8) is 0 Å². The molecule has 0 saturated carbocycles. The van der Waals surface area contributed by atoms with Crippen molar-refractivity contribution in [2.45, 2.75) is 19.5 Å². The molecule has 2 heterocycles. The highest BCUT2D eigenvalue weighted by molar-refractivity contribution is 6.31. The minimum Gasteiger partial charge on any atom is -0.508 e. The molecule has 5 nitrogen and oxygen atoms in total. The number of nitrogens with two attached hydrogens (primary N) is 1. The van der Waals surface area contributed by atoms with Gasteiger partial charge < -0.3 is 10.8 Å². The molecule has 6 heteroatoms. The topological polar surface area (TPSA) is 75.3 Å². The molecule has 132 valence electrons. The Bertz CT molecular complexity index is 943. The SMILES string of the molecule is Nc1ccc(-c2ncc3c(n2)CCN(Cc2ccc(O)cc2Cl)C3)cc1. The zero-order valence-corrected chi connectivity index (χ0v) is 14.9. The van der Waals surface area contributed by atoms with E-state index in [0.717, 1.165) is 60.0 Å². The number of anilines is 1. The minimum atomic E-state index is 0.186. The van der Waals surface area contributed by atoms with Gasteiger partial charge in [0.15, 0.2) is 5.82 Å². The standard InChI is InChI=1S/C20H19ClN4O/c21-18-9-17(26)6-3-14(18)11-25-8-7-19-15(12-25)10-23-20(24-19)13-1-4-16(22)5-2-13/h1-6,9-10,26H,7-8,11-12,22H2. The van der Waals surface area contributed by atoms with E-state index in [4.69, 9.17) is 22.3 Å². The number of hydrogen-bond acceptors (Lipinski definition) is 5. The molecule has 4 rings (SSSR count). The molecule has 0 aliphatic carbocycles. The molecule has 0 bridgehead atoms. The highest BCUT2D eigenvalue weighted by atomic mass is 35.5. The zero-order chi connectivity index (χ0) is 18.1. The Hall–Kier alpha value is -2.63. The van der Waals surface area contributed by atoms with E-state index in [9.17, 15) is 5.11 Å². The van der Waals surface area contributed by atoms with Crippen molar-refractivity contribution in [3.05, 3.63) is 70.5 Å². The number of fused-ring (bicyclic) bond motifs is 1. The first-order chi connectivity index (χ1) is 12.6. The molecule has 0 atom stereocenters. The molecule has 0 spiro atoms. The second kappa shape index (κ2) is 6.94. The molecule has 2 aromatic carbocycles. The van der Waals surface area contributed by atoms with E-state index in [0.29, 0.717) is 5.02 Å². The summed E-state index contributed by atoms with van der Waals surface area (Å²) >= 11 is 6.23. The summed E-state index contributed by atoms with van der Waals surface area (Å²) in [6, 6.07) is 12.7. The Kier molecular flexibility index (Phi) is 4.49. The summed E-state index contributed by atoms with van der Waals surface area (Å²) in [6.45, 7) is 2.43. The van der Waals surface area contributed by atoms with Crippen molar-refractivity contribution in [1.82, 2.24) is 14.9 Å². The third-order valence-electron chi connectivity index (χ3n) is 4.61. The summed E-state index contributed by atoms with van der Waals surface area (Å²) < 4.78 is 0. The van der Waals surface area contributed by atoms with Gasteiger partial charge in [-0.2, -0.15) is 0 Å². The molecule has 3 aromatic rings. The first-order valence-electron chi connectivity index (χ1n) is 8.49. The number of aromatic nitrogens is 2. The van der Waals surface area contributed by atoms with E-state index in [2.05, 4.69) is 9.88 Å². The monoisotopic (exact) mass is 366 g/mol. The smallest absolute Gasteiger partial charge is 0.159 e. The molecular weight excluding hydrogens is 348 g/mol. The van der Waals surface area contributed by atoms with Crippen molar-refractivity contribution in [2.75, 3.05) is 12.3 Å². The largest absolute Gasteiger partial charge is 0.508 e. The Morgan fingerprint density at radius 2 is 1.96 bits per heavy atom. The fraction of sp³-hybridized carbons (Fsp3) is 0.200. The number of nitrogens with zero attached hydrogens (tertiary/aromatic N) is 3. The number of halogens is 1. The molecule has 0 unspecified atom stereocenters. The molecule has 1 aliphatic rings. The second-order valence-corrected chi connectivity index (χ2v) is 6.93. The lowest BCUT2D eigenvalue weighted by molar-refractivity contribution is 0.243. The van der Waals surface area contributed by atoms with E-state index >= 15 is 0 Å². The predicted octanol–water partition coefficient (Wildman–Crippen LogP) is 3.64. The summed E-state index contributed by atoms with van der Waals surface area (Å²) in [6.07, 6.45) is 2.79. The lowest BCUT2D eigenvalue weighted by Gasteiger charge is -2.28. The van der Waals surface area contributed by atoms with Crippen LogP contribution in [0, 0.1) is 0 Å². The Morgan fingerprint density at radius 3 is 2.73 bits per heavy atom. The fourth-order valence-corrected chi connectivity index (χ4v) is 3.42. The first-order valence-corrected chi connectivity index (χ1v) is 8.87. The number of benzene rings is 2. The number of phenols is 1. The van der Waals surface area contributed by atoms with Gasteiger partial charge in [0.05, 0.1) is 5.69 Å². The van der Waals surface area contributed by atoms with E-state index in [1.807, 2.05) is 36.5 Å². The van der Waals surface area contributed by atoms with Gasteiger partial charge in [-0.3, -0.25) is 4.90 Å². The Morgan fingerprint density at radius 1 is 1.15 bits per heavy atom. The molecule has 0 amide bonds. The van der Waals surface area contributed by atoms with Crippen molar-refractivity contribution in [2.24, 2.45) is 0 Å². The van der Waals surface area contributed by atoms with Gasteiger partial charge in [0.1, 0.15) is 5.75 Å². The summed E-state index contributed by atoms with van der Waals surface area (Å²) in [4.78, 5) is 11.6. The van der Waals surface area contributed by atoms with Gasteiger partial charge in [0.2, 0.25) is 0 Å². The summed E-state index contributed by atoms with van der Waals surface area (Å²) in [5, 5.41) is 10.1. The predicted molar refractivity (Wildman–Crippen MR) is 103 cm³/mol. The van der Waals surface area contributed by atoms with Crippen LogP contribution < -0.4 is 5.73 Å². The lowest BCUT2D eigenvalue weighted by Crippen LogP contribution is -2.31. The van der Waals surface area contributed by atoms with Crippen LogP contribution in [-0.4, -0.2) is 26.5 Å². The van der Waals surface area contributed by atoms with Crippen LogP contribution in [0.1, 0.15) is 16.8 Å². The van der Waals surface area contributed by atoms with Crippen molar-refractivity contribution >= 4 is 17.3 Å². The highest BCUT2D eigenvalue weighted by Gasteiger charge is 2.19. The highest BCUT2D eigenvalue weighted by Crippen LogP contribution is 2.26. The molecule has 0 radical (unpaired) electrons. The van der Waals surface area contributed by atoms with Crippen LogP contribution in [0.15, 0.2) is 48.7 Å². The molecule has 0 saturated heterocycles. The first kappa shape index (κ1) is 16.8. The van der Waals surface area contributed by atoms with E-state index in [1.165, 1.54) is 0 Å². The second-order valence-electron chi connectivity index (χ2n) is 6.52. The van der Waals surface area contributed by atoms with Gasteiger partial charge in [0, 0.05) is 54.1 Å². The Labute approximate surface area is 157 Å². The van der Waals surface area contributed by atoms with E-state index < -0.39 is 0 Å². The van der Waals surface area contributed by atoms with Crippen LogP contribution in [0.25, 0.3) is 11.4 Å². The van der Waals surface area contributed by atoms with Gasteiger partial charge in [0.25, 0.3) is 0 Å². The van der Waals surface area contributed by atoms with Gasteiger partial charge in [-0.05, 0) is 42.0 Å². The van der Waals surface area contributed by atoms with Crippen LogP contribution in [0.2, 0.25) is 5.02 Å². The van der Waals surface area contributed by atoms with Gasteiger partial charge in [-0.1, -0.05) is 17.7 Å². The Balaban J connectivity index is 1.51. The maximum atomic E-state index is 9.49. The third kappa shape index (κ3) is 3.49. The van der Waals surface area contributed by atoms with Crippen molar-refractivity contribution < 1.29 is 5.11 Å². The average molecular weight is 367 g/mol. The van der Waals surface area contributed by atoms with Crippen LogP contribution in [0.3, 0.4) is 0 Å². The molecule has 26 heavy (non-hydrogen) atoms. The molecule has 0 fully saturated rings. The molecule has 1 aliphatic heterocycles. The molecule has 1 aromatic heterocycles. The van der Waals surface area contributed by atoms with Crippen molar-refractivity contribution in [3.8, 4) is 17.1 Å². The number of hydrogen-bond donors (Lipinski definition) is 2. The van der Waals surface area contributed by atoms with E-state index in [-0.39, 0.29) is 5.75 Å². The fourth-order valence-electron chi connectivity index (χ4n) is 3.19. The van der Waals surface area contributed by atoms with Crippen LogP contribution in [-0.2, 0) is 19.5 Å². The van der Waals surface area contributed by atoms with Crippen molar-refractivity contribution in [1.29, 1.82) is 0 Å². The summed E-state index contributed by atoms with van der Waals surface area (Å²) in [7, 11) is 0.